The van der Waals surface area contributed by atoms with Crippen LogP contribution < -0.4 is 0 Å². The molecule has 0 heterocycles. The second kappa shape index (κ2) is 6.54. The van der Waals surface area contributed by atoms with Crippen molar-refractivity contribution < 1.29 is 20.4 Å². The molecule has 4 N–H and O–H groups in total. The largest absolute Gasteiger partial charge is 0.504 e. The summed E-state index contributed by atoms with van der Waals surface area (Å²) in [4.78, 5) is 0. The van der Waals surface area contributed by atoms with Gasteiger partial charge in [-0.15, -0.1) is 0 Å². The summed E-state index contributed by atoms with van der Waals surface area (Å²) in [5.74, 6) is -0.128. The molecule has 0 aromatic heterocycles. The molecular formula is C15H18O4. The Morgan fingerprint density at radius 1 is 0.789 bits per heavy atom. The Balaban J connectivity index is 0.000000191. The Hall–Kier alpha value is -2.36. The van der Waals surface area contributed by atoms with E-state index in [4.69, 9.17) is 20.4 Å². The van der Waals surface area contributed by atoms with Crippen molar-refractivity contribution in [2.45, 2.75) is 20.3 Å². The van der Waals surface area contributed by atoms with Gasteiger partial charge >= 0.3 is 0 Å². The standard InChI is InChI=1S/C8H10O2.C7H8O2/c1-2-6-4-3-5-7(9)8(6)10;1-5-3-2-4-6(8)7(5)9/h3-5,9-10H,2H2,1H3;2-4,8-9H,1H3. The van der Waals surface area contributed by atoms with Gasteiger partial charge in [-0.1, -0.05) is 31.2 Å². The number of para-hydroxylation sites is 2. The van der Waals surface area contributed by atoms with Gasteiger partial charge in [0.15, 0.2) is 23.0 Å². The van der Waals surface area contributed by atoms with Gasteiger partial charge in [0.25, 0.3) is 0 Å². The molecule has 2 aromatic carbocycles. The summed E-state index contributed by atoms with van der Waals surface area (Å²) in [5, 5.41) is 35.9. The highest BCUT2D eigenvalue weighted by molar-refractivity contribution is 5.44. The Kier molecular flexibility index (Phi) is 5.06. The predicted octanol–water partition coefficient (Wildman–Crippen LogP) is 3.07. The first-order valence-electron chi connectivity index (χ1n) is 5.94. The van der Waals surface area contributed by atoms with E-state index in [1.807, 2.05) is 6.92 Å². The van der Waals surface area contributed by atoms with E-state index >= 15 is 0 Å². The van der Waals surface area contributed by atoms with Crippen LogP contribution in [0.15, 0.2) is 36.4 Å². The molecule has 0 radical (unpaired) electrons. The molecule has 0 bridgehead atoms. The van der Waals surface area contributed by atoms with Gasteiger partial charge < -0.3 is 20.4 Å². The number of aromatic hydroxyl groups is 4. The SMILES string of the molecule is CCc1cccc(O)c1O.Cc1cccc(O)c1O. The van der Waals surface area contributed by atoms with Crippen LogP contribution in [0.5, 0.6) is 23.0 Å². The molecule has 2 rings (SSSR count). The van der Waals surface area contributed by atoms with Crippen LogP contribution in [0.2, 0.25) is 0 Å². The fourth-order valence-corrected chi connectivity index (χ4v) is 1.51. The Labute approximate surface area is 112 Å². The van der Waals surface area contributed by atoms with Gasteiger partial charge in [-0.05, 0) is 36.6 Å². The molecule has 0 saturated heterocycles. The average molecular weight is 262 g/mol. The van der Waals surface area contributed by atoms with Crippen molar-refractivity contribution >= 4 is 0 Å². The number of hydrogen-bond acceptors (Lipinski definition) is 4. The molecule has 4 heteroatoms. The predicted molar refractivity (Wildman–Crippen MR) is 73.7 cm³/mol. The van der Waals surface area contributed by atoms with E-state index in [1.165, 1.54) is 12.1 Å². The van der Waals surface area contributed by atoms with Crippen molar-refractivity contribution in [3.8, 4) is 23.0 Å². The maximum absolute atomic E-state index is 9.15. The molecule has 0 aliphatic heterocycles. The first kappa shape index (κ1) is 14.7. The summed E-state index contributed by atoms with van der Waals surface area (Å²) >= 11 is 0. The molecule has 0 spiro atoms. The van der Waals surface area contributed by atoms with E-state index in [9.17, 15) is 0 Å². The fraction of sp³-hybridized carbons (Fsp3) is 0.200. The highest BCUT2D eigenvalue weighted by Crippen LogP contribution is 2.28. The minimum atomic E-state index is -0.0602. The van der Waals surface area contributed by atoms with Gasteiger partial charge in [0.1, 0.15) is 0 Å². The summed E-state index contributed by atoms with van der Waals surface area (Å²) in [7, 11) is 0. The van der Waals surface area contributed by atoms with Crippen molar-refractivity contribution in [3.63, 3.8) is 0 Å². The second-order valence-corrected chi connectivity index (χ2v) is 4.08. The van der Waals surface area contributed by atoms with Gasteiger partial charge in [-0.2, -0.15) is 0 Å². The molecule has 0 aliphatic rings. The molecule has 19 heavy (non-hydrogen) atoms. The Morgan fingerprint density at radius 2 is 1.32 bits per heavy atom. The van der Waals surface area contributed by atoms with Crippen LogP contribution in [0.4, 0.5) is 0 Å². The van der Waals surface area contributed by atoms with Crippen molar-refractivity contribution in [1.29, 1.82) is 0 Å². The molecule has 0 fully saturated rings. The van der Waals surface area contributed by atoms with E-state index in [0.29, 0.717) is 5.56 Å². The topological polar surface area (TPSA) is 80.9 Å². The van der Waals surface area contributed by atoms with Crippen LogP contribution in [0.25, 0.3) is 0 Å². The lowest BCUT2D eigenvalue weighted by molar-refractivity contribution is 0.400. The van der Waals surface area contributed by atoms with Crippen LogP contribution in [0.3, 0.4) is 0 Å². The van der Waals surface area contributed by atoms with E-state index < -0.39 is 0 Å². The van der Waals surface area contributed by atoms with Gasteiger partial charge in [0.2, 0.25) is 0 Å². The number of phenols is 4. The first-order chi connectivity index (χ1) is 8.97. The van der Waals surface area contributed by atoms with Crippen molar-refractivity contribution in [2.24, 2.45) is 0 Å². The van der Waals surface area contributed by atoms with Crippen LogP contribution in [0, 0.1) is 6.92 Å². The van der Waals surface area contributed by atoms with Crippen molar-refractivity contribution in [1.82, 2.24) is 0 Å². The summed E-state index contributed by atoms with van der Waals surface area (Å²) in [5.41, 5.74) is 1.47. The normalized spacial score (nSPS) is 9.58. The summed E-state index contributed by atoms with van der Waals surface area (Å²) in [6.07, 6.45) is 0.736. The van der Waals surface area contributed by atoms with Crippen LogP contribution in [0.1, 0.15) is 18.1 Å². The molecule has 0 unspecified atom stereocenters. The third kappa shape index (κ3) is 3.81. The van der Waals surface area contributed by atoms with Crippen molar-refractivity contribution in [3.05, 3.63) is 47.5 Å². The number of hydrogen-bond donors (Lipinski definition) is 4. The van der Waals surface area contributed by atoms with E-state index in [2.05, 4.69) is 0 Å². The molecular weight excluding hydrogens is 244 g/mol. The molecule has 2 aromatic rings. The number of phenolic OH excluding ortho intramolecular Hbond substituents is 4. The summed E-state index contributed by atoms with van der Waals surface area (Å²) < 4.78 is 0. The molecule has 102 valence electrons. The monoisotopic (exact) mass is 262 g/mol. The lowest BCUT2D eigenvalue weighted by atomic mass is 10.1. The number of rotatable bonds is 1. The van der Waals surface area contributed by atoms with Crippen LogP contribution >= 0.6 is 0 Å². The van der Waals surface area contributed by atoms with E-state index in [-0.39, 0.29) is 23.0 Å². The molecule has 4 nitrogen and oxygen atoms in total. The van der Waals surface area contributed by atoms with Gasteiger partial charge in [0.05, 0.1) is 0 Å². The number of aryl methyl sites for hydroxylation is 2. The van der Waals surface area contributed by atoms with Crippen LogP contribution in [-0.2, 0) is 6.42 Å². The summed E-state index contributed by atoms with van der Waals surface area (Å²) in [6, 6.07) is 9.83. The van der Waals surface area contributed by atoms with Gasteiger partial charge in [0, 0.05) is 0 Å². The zero-order chi connectivity index (χ0) is 14.4. The molecule has 0 atom stereocenters. The third-order valence-electron chi connectivity index (χ3n) is 2.70. The molecule has 0 aliphatic carbocycles. The molecule has 0 amide bonds. The van der Waals surface area contributed by atoms with Gasteiger partial charge in [-0.3, -0.25) is 0 Å². The maximum Gasteiger partial charge on any atom is 0.160 e. The zero-order valence-corrected chi connectivity index (χ0v) is 11.0. The zero-order valence-electron chi connectivity index (χ0n) is 11.0. The lowest BCUT2D eigenvalue weighted by Crippen LogP contribution is -1.79. The first-order valence-corrected chi connectivity index (χ1v) is 5.94. The maximum atomic E-state index is 9.15. The van der Waals surface area contributed by atoms with Crippen LogP contribution in [-0.4, -0.2) is 20.4 Å². The minimum absolute atomic E-state index is 0.00463. The Bertz CT molecular complexity index is 530. The second-order valence-electron chi connectivity index (χ2n) is 4.08. The Morgan fingerprint density at radius 3 is 1.74 bits per heavy atom. The van der Waals surface area contributed by atoms with Crippen molar-refractivity contribution in [2.75, 3.05) is 0 Å². The summed E-state index contributed by atoms with van der Waals surface area (Å²) in [6.45, 7) is 3.66. The lowest BCUT2D eigenvalue weighted by Gasteiger charge is -2.01. The number of benzene rings is 2. The average Bonchev–Trinajstić information content (AvgIpc) is 2.40. The quantitative estimate of drug-likeness (QED) is 0.595. The fourth-order valence-electron chi connectivity index (χ4n) is 1.51. The van der Waals surface area contributed by atoms with E-state index in [0.717, 1.165) is 12.0 Å². The molecule has 0 saturated carbocycles. The third-order valence-corrected chi connectivity index (χ3v) is 2.70. The highest BCUT2D eigenvalue weighted by atomic mass is 16.3. The van der Waals surface area contributed by atoms with Gasteiger partial charge in [-0.25, -0.2) is 0 Å². The van der Waals surface area contributed by atoms with E-state index in [1.54, 1.807) is 31.2 Å². The smallest absolute Gasteiger partial charge is 0.160 e. The highest BCUT2D eigenvalue weighted by Gasteiger charge is 2.01. The minimum Gasteiger partial charge on any atom is -0.504 e.